The zero-order chi connectivity index (χ0) is 19.0. The lowest BCUT2D eigenvalue weighted by atomic mass is 10.2. The van der Waals surface area contributed by atoms with Crippen LogP contribution in [0.4, 0.5) is 9.52 Å². The molecule has 27 heavy (non-hydrogen) atoms. The van der Waals surface area contributed by atoms with E-state index in [9.17, 15) is 9.18 Å². The Bertz CT molecular complexity index is 1090. The Kier molecular flexibility index (Phi) is 4.63. The summed E-state index contributed by atoms with van der Waals surface area (Å²) in [4.78, 5) is 20.6. The van der Waals surface area contributed by atoms with Crippen LogP contribution in [-0.4, -0.2) is 38.1 Å². The number of thiazole rings is 1. The number of benzene rings is 2. The lowest BCUT2D eigenvalue weighted by molar-refractivity contribution is -0.856. The maximum atomic E-state index is 13.5. The Balaban J connectivity index is 1.73. The van der Waals surface area contributed by atoms with Crippen molar-refractivity contribution in [3.8, 4) is 0 Å². The molecule has 2 aromatic carbocycles. The van der Waals surface area contributed by atoms with Gasteiger partial charge in [-0.15, -0.1) is 0 Å². The first-order valence-corrected chi connectivity index (χ1v) is 9.48. The number of carbonyl (C=O) groups is 1. The fourth-order valence-corrected chi connectivity index (χ4v) is 3.86. The van der Waals surface area contributed by atoms with E-state index in [-0.39, 0.29) is 17.5 Å². The molecule has 0 aliphatic heterocycles. The van der Waals surface area contributed by atoms with Crippen molar-refractivity contribution in [2.45, 2.75) is 0 Å². The average Bonchev–Trinajstić information content (AvgIpc) is 3.24. The zero-order valence-electron chi connectivity index (χ0n) is 15.0. The molecule has 4 rings (SSSR count). The molecule has 7 heteroatoms. The number of para-hydroxylation sites is 1. The van der Waals surface area contributed by atoms with E-state index in [0.717, 1.165) is 11.9 Å². The van der Waals surface area contributed by atoms with Gasteiger partial charge in [0, 0.05) is 5.39 Å². The third-order valence-electron chi connectivity index (χ3n) is 4.29. The molecular formula is C20H19FN3O2S+. The van der Waals surface area contributed by atoms with Gasteiger partial charge < -0.3 is 9.32 Å². The molecule has 0 saturated heterocycles. The molecule has 0 saturated carbocycles. The number of anilines is 1. The molecule has 0 atom stereocenters. The van der Waals surface area contributed by atoms with E-state index >= 15 is 0 Å². The Morgan fingerprint density at radius 1 is 1.22 bits per heavy atom. The molecular weight excluding hydrogens is 365 g/mol. The van der Waals surface area contributed by atoms with Gasteiger partial charge in [-0.05, 0) is 30.3 Å². The first kappa shape index (κ1) is 17.6. The number of nitrogens with one attached hydrogen (secondary N) is 1. The summed E-state index contributed by atoms with van der Waals surface area (Å²) >= 11 is 1.30. The number of fused-ring (bicyclic) bond motifs is 2. The van der Waals surface area contributed by atoms with Crippen molar-refractivity contribution in [1.29, 1.82) is 0 Å². The lowest BCUT2D eigenvalue weighted by Crippen LogP contribution is -3.06. The Labute approximate surface area is 159 Å². The maximum Gasteiger partial charge on any atom is 0.296 e. The SMILES string of the molecule is C[NH+](C)CCN(C(=O)c1cc2ccccc2o1)c1nc2ccc(F)cc2s1. The Morgan fingerprint density at radius 2 is 2.04 bits per heavy atom. The molecule has 1 N–H and O–H groups in total. The van der Waals surface area contributed by atoms with E-state index in [4.69, 9.17) is 4.42 Å². The first-order chi connectivity index (χ1) is 13.0. The molecule has 0 bridgehead atoms. The van der Waals surface area contributed by atoms with E-state index in [2.05, 4.69) is 4.98 Å². The molecule has 2 heterocycles. The fraction of sp³-hybridized carbons (Fsp3) is 0.200. The van der Waals surface area contributed by atoms with Gasteiger partial charge in [-0.3, -0.25) is 9.69 Å². The van der Waals surface area contributed by atoms with Crippen LogP contribution in [0.15, 0.2) is 52.9 Å². The number of hydrogen-bond acceptors (Lipinski definition) is 4. The van der Waals surface area contributed by atoms with Gasteiger partial charge in [0.1, 0.15) is 11.4 Å². The second-order valence-electron chi connectivity index (χ2n) is 6.67. The topological polar surface area (TPSA) is 50.8 Å². The molecule has 0 fully saturated rings. The monoisotopic (exact) mass is 384 g/mol. The third-order valence-corrected chi connectivity index (χ3v) is 5.33. The van der Waals surface area contributed by atoms with Crippen molar-refractivity contribution in [2.75, 3.05) is 32.1 Å². The van der Waals surface area contributed by atoms with Crippen molar-refractivity contribution in [1.82, 2.24) is 4.98 Å². The number of likely N-dealkylation sites (N-methyl/N-ethyl adjacent to an activating group) is 1. The number of furan rings is 1. The molecule has 2 aromatic heterocycles. The standard InChI is InChI=1S/C20H18FN3O2S/c1-23(2)9-10-24(20-22-15-8-7-14(21)12-18(15)27-20)19(25)17-11-13-5-3-4-6-16(13)26-17/h3-8,11-12H,9-10H2,1-2H3/p+1. The van der Waals surface area contributed by atoms with Crippen LogP contribution < -0.4 is 9.80 Å². The van der Waals surface area contributed by atoms with Gasteiger partial charge in [0.15, 0.2) is 10.9 Å². The van der Waals surface area contributed by atoms with Crippen LogP contribution in [0, 0.1) is 5.82 Å². The number of hydrogen-bond donors (Lipinski definition) is 1. The molecule has 4 aromatic rings. The van der Waals surface area contributed by atoms with Crippen LogP contribution in [0.5, 0.6) is 0 Å². The quantitative estimate of drug-likeness (QED) is 0.576. The lowest BCUT2D eigenvalue weighted by Gasteiger charge is -2.19. The van der Waals surface area contributed by atoms with Crippen LogP contribution in [0.2, 0.25) is 0 Å². The summed E-state index contributed by atoms with van der Waals surface area (Å²) in [5.41, 5.74) is 1.35. The van der Waals surface area contributed by atoms with Crippen LogP contribution >= 0.6 is 11.3 Å². The van der Waals surface area contributed by atoms with Gasteiger partial charge in [-0.25, -0.2) is 9.37 Å². The number of amides is 1. The average molecular weight is 384 g/mol. The molecule has 0 unspecified atom stereocenters. The Morgan fingerprint density at radius 3 is 2.81 bits per heavy atom. The molecule has 0 aliphatic carbocycles. The summed E-state index contributed by atoms with van der Waals surface area (Å²) in [5, 5.41) is 1.42. The van der Waals surface area contributed by atoms with Crippen LogP contribution in [0.1, 0.15) is 10.6 Å². The summed E-state index contributed by atoms with van der Waals surface area (Å²) in [6.07, 6.45) is 0. The minimum absolute atomic E-state index is 0.244. The minimum Gasteiger partial charge on any atom is -0.451 e. The predicted octanol–water partition coefficient (Wildman–Crippen LogP) is 2.97. The molecule has 0 spiro atoms. The minimum atomic E-state index is -0.314. The number of halogens is 1. The highest BCUT2D eigenvalue weighted by Crippen LogP contribution is 2.31. The molecule has 0 radical (unpaired) electrons. The summed E-state index contributed by atoms with van der Waals surface area (Å²) in [6, 6.07) is 13.7. The first-order valence-electron chi connectivity index (χ1n) is 8.67. The van der Waals surface area contributed by atoms with E-state index < -0.39 is 0 Å². The number of quaternary nitrogens is 1. The van der Waals surface area contributed by atoms with Crippen molar-refractivity contribution < 1.29 is 18.5 Å². The predicted molar refractivity (Wildman–Crippen MR) is 105 cm³/mol. The van der Waals surface area contributed by atoms with Crippen molar-refractivity contribution in [3.63, 3.8) is 0 Å². The Hall–Kier alpha value is -2.77. The molecule has 138 valence electrons. The largest absolute Gasteiger partial charge is 0.451 e. The summed E-state index contributed by atoms with van der Waals surface area (Å²) in [5.74, 6) is -0.284. The summed E-state index contributed by atoms with van der Waals surface area (Å²) in [6.45, 7) is 1.23. The maximum absolute atomic E-state index is 13.5. The van der Waals surface area contributed by atoms with E-state index in [1.807, 2.05) is 38.4 Å². The van der Waals surface area contributed by atoms with Gasteiger partial charge in [-0.2, -0.15) is 0 Å². The molecule has 0 aliphatic rings. The van der Waals surface area contributed by atoms with E-state index in [0.29, 0.717) is 27.5 Å². The van der Waals surface area contributed by atoms with Crippen LogP contribution in [-0.2, 0) is 0 Å². The smallest absolute Gasteiger partial charge is 0.296 e. The van der Waals surface area contributed by atoms with E-state index in [1.165, 1.54) is 28.4 Å². The van der Waals surface area contributed by atoms with Crippen molar-refractivity contribution in [2.24, 2.45) is 0 Å². The number of aromatic nitrogens is 1. The zero-order valence-corrected chi connectivity index (χ0v) is 15.8. The second kappa shape index (κ2) is 7.09. The normalized spacial score (nSPS) is 11.6. The second-order valence-corrected chi connectivity index (χ2v) is 7.68. The number of nitrogens with zero attached hydrogens (tertiary/aromatic N) is 2. The fourth-order valence-electron chi connectivity index (χ4n) is 2.84. The van der Waals surface area contributed by atoms with Gasteiger partial charge in [-0.1, -0.05) is 29.5 Å². The van der Waals surface area contributed by atoms with Gasteiger partial charge in [0.05, 0.1) is 37.4 Å². The van der Waals surface area contributed by atoms with Crippen molar-refractivity contribution >= 4 is 43.6 Å². The van der Waals surface area contributed by atoms with Crippen LogP contribution in [0.25, 0.3) is 21.2 Å². The third kappa shape index (κ3) is 3.56. The summed E-state index contributed by atoms with van der Waals surface area (Å²) < 4.78 is 20.0. The number of rotatable bonds is 5. The summed E-state index contributed by atoms with van der Waals surface area (Å²) in [7, 11) is 4.05. The van der Waals surface area contributed by atoms with E-state index in [1.54, 1.807) is 17.0 Å². The molecule has 5 nitrogen and oxygen atoms in total. The van der Waals surface area contributed by atoms with Gasteiger partial charge in [0.2, 0.25) is 0 Å². The van der Waals surface area contributed by atoms with Gasteiger partial charge in [0.25, 0.3) is 5.91 Å². The van der Waals surface area contributed by atoms with Crippen LogP contribution in [0.3, 0.4) is 0 Å². The highest BCUT2D eigenvalue weighted by Gasteiger charge is 2.25. The van der Waals surface area contributed by atoms with Gasteiger partial charge >= 0.3 is 0 Å². The number of carbonyl (C=O) groups excluding carboxylic acids is 1. The molecule has 1 amide bonds. The highest BCUT2D eigenvalue weighted by atomic mass is 32.1. The van der Waals surface area contributed by atoms with Crippen molar-refractivity contribution in [3.05, 3.63) is 60.1 Å². The highest BCUT2D eigenvalue weighted by molar-refractivity contribution is 7.22.